The summed E-state index contributed by atoms with van der Waals surface area (Å²) in [5.74, 6) is -1.03. The number of aryl methyl sites for hydroxylation is 1. The van der Waals surface area contributed by atoms with Crippen molar-refractivity contribution in [3.8, 4) is 0 Å². The normalized spacial score (nSPS) is 11.9. The van der Waals surface area contributed by atoms with Crippen molar-refractivity contribution in [2.45, 2.75) is 19.1 Å². The van der Waals surface area contributed by atoms with Crippen LogP contribution in [0.1, 0.15) is 6.42 Å². The molecule has 7 nitrogen and oxygen atoms in total. The van der Waals surface area contributed by atoms with Crippen LogP contribution in [0.5, 0.6) is 0 Å². The lowest BCUT2D eigenvalue weighted by Gasteiger charge is -2.09. The van der Waals surface area contributed by atoms with Crippen LogP contribution in [-0.2, 0) is 20.9 Å². The third kappa shape index (κ3) is 4.64. The summed E-state index contributed by atoms with van der Waals surface area (Å²) >= 11 is 0. The second kappa shape index (κ2) is 6.64. The van der Waals surface area contributed by atoms with Crippen molar-refractivity contribution in [2.24, 2.45) is 0 Å². The maximum Gasteiger partial charge on any atom is 0.336 e. The summed E-state index contributed by atoms with van der Waals surface area (Å²) in [5.41, 5.74) is 0. The van der Waals surface area contributed by atoms with Crippen molar-refractivity contribution in [3.63, 3.8) is 0 Å². The smallest absolute Gasteiger partial charge is 0.336 e. The molecule has 0 radical (unpaired) electrons. The molecule has 2 N–H and O–H groups in total. The van der Waals surface area contributed by atoms with E-state index in [0.29, 0.717) is 6.54 Å². The fraction of sp³-hybridized carbons (Fsp3) is 0.500. The fourth-order valence-corrected chi connectivity index (χ4v) is 1.17. The van der Waals surface area contributed by atoms with Gasteiger partial charge in [-0.05, 0) is 6.07 Å². The number of ether oxygens (including phenoxy) is 1. The Hall–Kier alpha value is -1.89. The SMILES string of the molecule is COC(=O)C(O)CNC(=O)CCn1cccn1. The highest BCUT2D eigenvalue weighted by Crippen LogP contribution is 1.90. The number of aromatic nitrogens is 2. The number of carbonyl (C=O) groups is 2. The van der Waals surface area contributed by atoms with Gasteiger partial charge in [-0.25, -0.2) is 4.79 Å². The summed E-state index contributed by atoms with van der Waals surface area (Å²) in [6.07, 6.45) is 2.28. The first-order valence-electron chi connectivity index (χ1n) is 5.13. The topological polar surface area (TPSA) is 93.5 Å². The van der Waals surface area contributed by atoms with Crippen LogP contribution in [0, 0.1) is 0 Å². The minimum atomic E-state index is -1.33. The molecular weight excluding hydrogens is 226 g/mol. The first-order chi connectivity index (χ1) is 8.13. The van der Waals surface area contributed by atoms with E-state index in [9.17, 15) is 14.7 Å². The molecule has 0 aliphatic rings. The number of amides is 1. The Morgan fingerprint density at radius 1 is 1.59 bits per heavy atom. The summed E-state index contributed by atoms with van der Waals surface area (Å²) in [6.45, 7) is 0.303. The monoisotopic (exact) mass is 241 g/mol. The number of aliphatic hydroxyl groups is 1. The van der Waals surface area contributed by atoms with Crippen LogP contribution < -0.4 is 5.32 Å². The Morgan fingerprint density at radius 2 is 2.35 bits per heavy atom. The molecule has 1 rings (SSSR count). The number of hydrogen-bond donors (Lipinski definition) is 2. The number of nitrogens with one attached hydrogen (secondary N) is 1. The predicted molar refractivity (Wildman–Crippen MR) is 57.9 cm³/mol. The van der Waals surface area contributed by atoms with E-state index in [2.05, 4.69) is 15.2 Å². The standard InChI is InChI=1S/C10H15N3O4/c1-17-10(16)8(14)7-11-9(15)3-6-13-5-2-4-12-13/h2,4-5,8,14H,3,6-7H2,1H3,(H,11,15). The minimum Gasteiger partial charge on any atom is -0.467 e. The molecule has 1 amide bonds. The van der Waals surface area contributed by atoms with E-state index >= 15 is 0 Å². The molecule has 0 saturated carbocycles. The minimum absolute atomic E-state index is 0.148. The van der Waals surface area contributed by atoms with Crippen LogP contribution in [0.25, 0.3) is 0 Å². The molecule has 1 aromatic rings. The molecule has 0 aliphatic heterocycles. The zero-order valence-corrected chi connectivity index (χ0v) is 9.50. The maximum absolute atomic E-state index is 11.3. The summed E-state index contributed by atoms with van der Waals surface area (Å²) in [4.78, 5) is 22.2. The quantitative estimate of drug-likeness (QED) is 0.618. The Balaban J connectivity index is 2.19. The number of nitrogens with zero attached hydrogens (tertiary/aromatic N) is 2. The Labute approximate surface area is 98.4 Å². The summed E-state index contributed by atoms with van der Waals surface area (Å²) in [5, 5.41) is 15.6. The van der Waals surface area contributed by atoms with Crippen molar-refractivity contribution in [3.05, 3.63) is 18.5 Å². The van der Waals surface area contributed by atoms with Crippen LogP contribution in [0.3, 0.4) is 0 Å². The molecule has 0 aromatic carbocycles. The van der Waals surface area contributed by atoms with Gasteiger partial charge in [0.25, 0.3) is 0 Å². The number of aliphatic hydroxyl groups excluding tert-OH is 1. The van der Waals surface area contributed by atoms with Crippen LogP contribution in [0.4, 0.5) is 0 Å². The van der Waals surface area contributed by atoms with Crippen LogP contribution in [0.15, 0.2) is 18.5 Å². The number of methoxy groups -OCH3 is 1. The van der Waals surface area contributed by atoms with Gasteiger partial charge >= 0.3 is 5.97 Å². The molecule has 17 heavy (non-hydrogen) atoms. The van der Waals surface area contributed by atoms with Gasteiger partial charge in [0.1, 0.15) is 0 Å². The highest BCUT2D eigenvalue weighted by atomic mass is 16.5. The van der Waals surface area contributed by atoms with E-state index in [1.165, 1.54) is 7.11 Å². The summed E-state index contributed by atoms with van der Waals surface area (Å²) < 4.78 is 5.93. The number of rotatable bonds is 6. The van der Waals surface area contributed by atoms with Crippen molar-refractivity contribution in [1.29, 1.82) is 0 Å². The van der Waals surface area contributed by atoms with Gasteiger partial charge in [-0.1, -0.05) is 0 Å². The second-order valence-electron chi connectivity index (χ2n) is 3.36. The average molecular weight is 241 g/mol. The molecule has 1 unspecified atom stereocenters. The van der Waals surface area contributed by atoms with Gasteiger partial charge in [-0.15, -0.1) is 0 Å². The molecule has 0 aliphatic carbocycles. The molecular formula is C10H15N3O4. The van der Waals surface area contributed by atoms with E-state index in [1.54, 1.807) is 23.1 Å². The van der Waals surface area contributed by atoms with E-state index in [4.69, 9.17) is 0 Å². The summed E-state index contributed by atoms with van der Waals surface area (Å²) in [6, 6.07) is 1.76. The lowest BCUT2D eigenvalue weighted by Crippen LogP contribution is -2.37. The van der Waals surface area contributed by atoms with Gasteiger partial charge in [-0.3, -0.25) is 9.48 Å². The Bertz CT molecular complexity index is 364. The second-order valence-corrected chi connectivity index (χ2v) is 3.36. The molecule has 94 valence electrons. The van der Waals surface area contributed by atoms with Crippen LogP contribution in [0.2, 0.25) is 0 Å². The van der Waals surface area contributed by atoms with Gasteiger partial charge in [0, 0.05) is 25.4 Å². The van der Waals surface area contributed by atoms with E-state index in [0.717, 1.165) is 0 Å². The lowest BCUT2D eigenvalue weighted by molar-refractivity contribution is -0.150. The average Bonchev–Trinajstić information content (AvgIpc) is 2.85. The highest BCUT2D eigenvalue weighted by Gasteiger charge is 2.15. The molecule has 1 atom stereocenters. The van der Waals surface area contributed by atoms with Crippen LogP contribution >= 0.6 is 0 Å². The maximum atomic E-state index is 11.3. The van der Waals surface area contributed by atoms with Crippen molar-refractivity contribution >= 4 is 11.9 Å². The lowest BCUT2D eigenvalue weighted by atomic mass is 10.3. The van der Waals surface area contributed by atoms with E-state index in [1.807, 2.05) is 0 Å². The first-order valence-corrected chi connectivity index (χ1v) is 5.13. The molecule has 0 bridgehead atoms. The van der Waals surface area contributed by atoms with Gasteiger partial charge in [0.05, 0.1) is 13.7 Å². The van der Waals surface area contributed by atoms with Crippen molar-refractivity contribution < 1.29 is 19.4 Å². The van der Waals surface area contributed by atoms with Gasteiger partial charge in [0.2, 0.25) is 5.91 Å². The molecule has 1 aromatic heterocycles. The van der Waals surface area contributed by atoms with Crippen molar-refractivity contribution in [1.82, 2.24) is 15.1 Å². The number of hydrogen-bond acceptors (Lipinski definition) is 5. The fourth-order valence-electron chi connectivity index (χ4n) is 1.17. The van der Waals surface area contributed by atoms with E-state index in [-0.39, 0.29) is 18.9 Å². The van der Waals surface area contributed by atoms with Crippen LogP contribution in [-0.4, -0.2) is 46.5 Å². The molecule has 0 saturated heterocycles. The molecule has 7 heteroatoms. The van der Waals surface area contributed by atoms with Gasteiger partial charge in [-0.2, -0.15) is 5.10 Å². The molecule has 0 spiro atoms. The highest BCUT2D eigenvalue weighted by molar-refractivity contribution is 5.78. The van der Waals surface area contributed by atoms with Crippen molar-refractivity contribution in [2.75, 3.05) is 13.7 Å². The molecule has 0 fully saturated rings. The first kappa shape index (κ1) is 13.2. The number of carbonyl (C=O) groups excluding carboxylic acids is 2. The zero-order chi connectivity index (χ0) is 12.7. The molecule has 1 heterocycles. The predicted octanol–water partition coefficient (Wildman–Crippen LogP) is -1.08. The third-order valence-corrected chi connectivity index (χ3v) is 2.09. The largest absolute Gasteiger partial charge is 0.467 e. The Morgan fingerprint density at radius 3 is 2.94 bits per heavy atom. The van der Waals surface area contributed by atoms with Gasteiger partial charge in [0.15, 0.2) is 6.10 Å². The van der Waals surface area contributed by atoms with E-state index < -0.39 is 12.1 Å². The third-order valence-electron chi connectivity index (χ3n) is 2.09. The number of esters is 1. The van der Waals surface area contributed by atoms with Gasteiger partial charge < -0.3 is 15.2 Å². The summed E-state index contributed by atoms with van der Waals surface area (Å²) in [7, 11) is 1.17. The Kier molecular flexibility index (Phi) is 5.15. The zero-order valence-electron chi connectivity index (χ0n) is 9.50.